The van der Waals surface area contributed by atoms with Crippen LogP contribution in [0.25, 0.3) is 11.0 Å². The smallest absolute Gasteiger partial charge is 0.223 e. The Morgan fingerprint density at radius 1 is 1.11 bits per heavy atom. The van der Waals surface area contributed by atoms with E-state index in [1.165, 1.54) is 5.56 Å². The number of fused-ring (bicyclic) bond motifs is 1. The van der Waals surface area contributed by atoms with Crippen molar-refractivity contribution in [1.29, 1.82) is 0 Å². The van der Waals surface area contributed by atoms with Crippen molar-refractivity contribution in [2.24, 2.45) is 7.05 Å². The lowest BCUT2D eigenvalue weighted by Crippen LogP contribution is -2.49. The van der Waals surface area contributed by atoms with Crippen molar-refractivity contribution in [2.75, 3.05) is 31.1 Å². The van der Waals surface area contributed by atoms with Gasteiger partial charge in [-0.05, 0) is 11.5 Å². The maximum Gasteiger partial charge on any atom is 0.223 e. The maximum absolute atomic E-state index is 12.7. The highest BCUT2D eigenvalue weighted by Crippen LogP contribution is 2.24. The second-order valence-corrected chi connectivity index (χ2v) is 7.09. The summed E-state index contributed by atoms with van der Waals surface area (Å²) in [6, 6.07) is 10.2. The molecule has 3 heterocycles. The molecule has 0 saturated carbocycles. The molecule has 7 heteroatoms. The van der Waals surface area contributed by atoms with E-state index in [0.29, 0.717) is 19.5 Å². The Kier molecular flexibility index (Phi) is 4.75. The average Bonchev–Trinajstić information content (AvgIpc) is 3.10. The maximum atomic E-state index is 12.7. The number of hydrogen-bond acceptors (Lipinski definition) is 5. The van der Waals surface area contributed by atoms with Crippen molar-refractivity contribution in [2.45, 2.75) is 19.3 Å². The Balaban J connectivity index is 1.39. The van der Waals surface area contributed by atoms with Gasteiger partial charge in [0.25, 0.3) is 0 Å². The monoisotopic (exact) mass is 364 g/mol. The highest BCUT2D eigenvalue weighted by molar-refractivity contribution is 5.86. The van der Waals surface area contributed by atoms with E-state index in [2.05, 4.69) is 39.0 Å². The second kappa shape index (κ2) is 7.34. The van der Waals surface area contributed by atoms with Crippen LogP contribution in [-0.4, -0.2) is 56.7 Å². The number of piperazine rings is 1. The molecular weight excluding hydrogens is 340 g/mol. The van der Waals surface area contributed by atoms with Crippen molar-refractivity contribution in [3.8, 4) is 0 Å². The van der Waals surface area contributed by atoms with Crippen molar-refractivity contribution in [3.63, 3.8) is 0 Å². The number of aryl methyl sites for hydroxylation is 1. The molecule has 1 atom stereocenters. The van der Waals surface area contributed by atoms with Crippen LogP contribution in [0.5, 0.6) is 0 Å². The first-order valence-corrected chi connectivity index (χ1v) is 9.34. The number of nitrogens with zero attached hydrogens (tertiary/aromatic N) is 6. The molecule has 0 spiro atoms. The van der Waals surface area contributed by atoms with Gasteiger partial charge in [-0.25, -0.2) is 9.97 Å². The molecule has 0 radical (unpaired) electrons. The van der Waals surface area contributed by atoms with Crippen molar-refractivity contribution in [3.05, 3.63) is 48.4 Å². The minimum absolute atomic E-state index is 0.222. The standard InChI is InChI=1S/C20H24N6O/c1-15(16-6-4-3-5-7-16)12-18(27)25-8-10-26(11-9-25)20-17-13-23-24(2)19(17)21-14-22-20/h3-7,13-15H,8-12H2,1-2H3. The van der Waals surface area contributed by atoms with Gasteiger partial charge in [0, 0.05) is 39.6 Å². The van der Waals surface area contributed by atoms with Gasteiger partial charge in [0.05, 0.1) is 11.6 Å². The predicted molar refractivity (Wildman–Crippen MR) is 105 cm³/mol. The van der Waals surface area contributed by atoms with Gasteiger partial charge < -0.3 is 9.80 Å². The van der Waals surface area contributed by atoms with E-state index in [1.54, 1.807) is 11.0 Å². The summed E-state index contributed by atoms with van der Waals surface area (Å²) in [4.78, 5) is 25.7. The molecule has 1 amide bonds. The zero-order valence-corrected chi connectivity index (χ0v) is 15.7. The van der Waals surface area contributed by atoms with E-state index < -0.39 is 0 Å². The molecule has 1 aromatic carbocycles. The van der Waals surface area contributed by atoms with Crippen LogP contribution in [0, 0.1) is 0 Å². The van der Waals surface area contributed by atoms with Crippen LogP contribution in [0.2, 0.25) is 0 Å². The summed E-state index contributed by atoms with van der Waals surface area (Å²) < 4.78 is 1.76. The van der Waals surface area contributed by atoms with Gasteiger partial charge in [0.1, 0.15) is 12.1 Å². The van der Waals surface area contributed by atoms with Crippen LogP contribution in [0.1, 0.15) is 24.8 Å². The molecule has 0 aliphatic carbocycles. The third kappa shape index (κ3) is 3.49. The Bertz CT molecular complexity index is 930. The molecule has 1 aliphatic heterocycles. The highest BCUT2D eigenvalue weighted by atomic mass is 16.2. The van der Waals surface area contributed by atoms with Gasteiger partial charge in [-0.15, -0.1) is 0 Å². The van der Waals surface area contributed by atoms with E-state index in [9.17, 15) is 4.79 Å². The van der Waals surface area contributed by atoms with E-state index in [1.807, 2.05) is 36.3 Å². The molecule has 2 aromatic heterocycles. The average molecular weight is 364 g/mol. The fourth-order valence-electron chi connectivity index (χ4n) is 3.66. The number of amides is 1. The van der Waals surface area contributed by atoms with Crippen LogP contribution in [0.3, 0.4) is 0 Å². The molecule has 1 saturated heterocycles. The predicted octanol–water partition coefficient (Wildman–Crippen LogP) is 2.21. The summed E-state index contributed by atoms with van der Waals surface area (Å²) in [5.74, 6) is 1.35. The zero-order valence-electron chi connectivity index (χ0n) is 15.7. The number of anilines is 1. The number of carbonyl (C=O) groups excluding carboxylic acids is 1. The molecule has 3 aromatic rings. The lowest BCUT2D eigenvalue weighted by molar-refractivity contribution is -0.131. The van der Waals surface area contributed by atoms with E-state index in [-0.39, 0.29) is 11.8 Å². The van der Waals surface area contributed by atoms with Crippen LogP contribution >= 0.6 is 0 Å². The molecule has 0 N–H and O–H groups in total. The third-order valence-corrected chi connectivity index (χ3v) is 5.29. The SMILES string of the molecule is CC(CC(=O)N1CCN(c2ncnc3c2cnn3C)CC1)c1ccccc1. The largest absolute Gasteiger partial charge is 0.352 e. The topological polar surface area (TPSA) is 67.2 Å². The minimum atomic E-state index is 0.222. The molecular formula is C20H24N6O. The number of carbonyl (C=O) groups is 1. The second-order valence-electron chi connectivity index (χ2n) is 7.09. The third-order valence-electron chi connectivity index (χ3n) is 5.29. The zero-order chi connectivity index (χ0) is 18.8. The van der Waals surface area contributed by atoms with Gasteiger partial charge >= 0.3 is 0 Å². The molecule has 4 rings (SSSR count). The summed E-state index contributed by atoms with van der Waals surface area (Å²) in [5, 5.41) is 5.23. The number of hydrogen-bond donors (Lipinski definition) is 0. The molecule has 140 valence electrons. The Morgan fingerprint density at radius 2 is 1.85 bits per heavy atom. The summed E-state index contributed by atoms with van der Waals surface area (Å²) in [7, 11) is 1.88. The summed E-state index contributed by atoms with van der Waals surface area (Å²) in [6.45, 7) is 5.08. The first-order chi connectivity index (χ1) is 13.1. The molecule has 1 fully saturated rings. The lowest BCUT2D eigenvalue weighted by Gasteiger charge is -2.36. The van der Waals surface area contributed by atoms with Crippen molar-refractivity contribution in [1.82, 2.24) is 24.6 Å². The highest BCUT2D eigenvalue weighted by Gasteiger charge is 2.24. The van der Waals surface area contributed by atoms with Crippen LogP contribution in [0.15, 0.2) is 42.9 Å². The van der Waals surface area contributed by atoms with E-state index in [4.69, 9.17) is 0 Å². The number of aromatic nitrogens is 4. The fraction of sp³-hybridized carbons (Fsp3) is 0.400. The molecule has 27 heavy (non-hydrogen) atoms. The van der Waals surface area contributed by atoms with Crippen molar-refractivity contribution < 1.29 is 4.79 Å². The molecule has 0 bridgehead atoms. The van der Waals surface area contributed by atoms with Gasteiger partial charge in [-0.3, -0.25) is 9.48 Å². The van der Waals surface area contributed by atoms with Crippen LogP contribution in [-0.2, 0) is 11.8 Å². The first kappa shape index (κ1) is 17.5. The molecule has 1 aliphatic rings. The van der Waals surface area contributed by atoms with Crippen LogP contribution in [0.4, 0.5) is 5.82 Å². The minimum Gasteiger partial charge on any atom is -0.352 e. The number of rotatable bonds is 4. The summed E-state index contributed by atoms with van der Waals surface area (Å²) >= 11 is 0. The lowest BCUT2D eigenvalue weighted by atomic mass is 9.97. The van der Waals surface area contributed by atoms with Gasteiger partial charge in [0.2, 0.25) is 5.91 Å². The van der Waals surface area contributed by atoms with E-state index in [0.717, 1.165) is 29.9 Å². The van der Waals surface area contributed by atoms with Gasteiger partial charge in [0.15, 0.2) is 5.65 Å². The summed E-state index contributed by atoms with van der Waals surface area (Å²) in [5.41, 5.74) is 2.04. The Labute approximate surface area is 158 Å². The van der Waals surface area contributed by atoms with E-state index >= 15 is 0 Å². The Morgan fingerprint density at radius 3 is 2.59 bits per heavy atom. The number of benzene rings is 1. The van der Waals surface area contributed by atoms with Crippen molar-refractivity contribution >= 4 is 22.8 Å². The quantitative estimate of drug-likeness (QED) is 0.710. The Hall–Kier alpha value is -2.96. The molecule has 1 unspecified atom stereocenters. The normalized spacial score (nSPS) is 15.9. The summed E-state index contributed by atoms with van der Waals surface area (Å²) in [6.07, 6.45) is 3.94. The van der Waals surface area contributed by atoms with Crippen LogP contribution < -0.4 is 4.90 Å². The molecule has 7 nitrogen and oxygen atoms in total. The van der Waals surface area contributed by atoms with Gasteiger partial charge in [-0.1, -0.05) is 37.3 Å². The fourth-order valence-corrected chi connectivity index (χ4v) is 3.66. The van der Waals surface area contributed by atoms with Gasteiger partial charge in [-0.2, -0.15) is 5.10 Å². The first-order valence-electron chi connectivity index (χ1n) is 9.34.